The van der Waals surface area contributed by atoms with Crippen molar-refractivity contribution in [2.45, 2.75) is 13.0 Å². The van der Waals surface area contributed by atoms with E-state index < -0.39 is 0 Å². The summed E-state index contributed by atoms with van der Waals surface area (Å²) in [5.74, 6) is 1.05. The molecule has 5 rings (SSSR count). The molecule has 0 amide bonds. The summed E-state index contributed by atoms with van der Waals surface area (Å²) in [6.45, 7) is 4.40. The lowest BCUT2D eigenvalue weighted by molar-refractivity contribution is 0.0984. The molecule has 0 unspecified atom stereocenters. The Morgan fingerprint density at radius 1 is 1.26 bits per heavy atom. The molecule has 1 saturated heterocycles. The number of hydrogen-bond donors (Lipinski definition) is 1. The van der Waals surface area contributed by atoms with Crippen LogP contribution in [-0.4, -0.2) is 60.1 Å². The van der Waals surface area contributed by atoms with Crippen LogP contribution in [0.2, 0.25) is 0 Å². The van der Waals surface area contributed by atoms with Crippen molar-refractivity contribution in [2.75, 3.05) is 24.7 Å². The summed E-state index contributed by atoms with van der Waals surface area (Å²) in [6, 6.07) is 6.24. The first-order chi connectivity index (χ1) is 13.2. The summed E-state index contributed by atoms with van der Waals surface area (Å²) in [7, 11) is 1.92. The first-order valence-corrected chi connectivity index (χ1v) is 8.93. The standard InChI is InChI=1S/C18H20N8O/c1-12-10-27-8-7-25(12)16-9-14(15-4-6-21-24(15)2)22-18-17(19-11-26(16)18)13-3-5-20-23-13/h3-6,9,11-12H,7-8,10H2,1-2H3,(H,20,23)/t12-/m1/s1. The molecule has 1 aliphatic heterocycles. The maximum atomic E-state index is 5.62. The molecule has 0 spiro atoms. The number of morpholine rings is 1. The van der Waals surface area contributed by atoms with Gasteiger partial charge >= 0.3 is 0 Å². The van der Waals surface area contributed by atoms with Crippen LogP contribution in [0.5, 0.6) is 0 Å². The maximum absolute atomic E-state index is 5.62. The van der Waals surface area contributed by atoms with Gasteiger partial charge in [0.15, 0.2) is 5.65 Å². The van der Waals surface area contributed by atoms with Gasteiger partial charge < -0.3 is 9.64 Å². The van der Waals surface area contributed by atoms with Gasteiger partial charge in [0.05, 0.1) is 36.3 Å². The highest BCUT2D eigenvalue weighted by Gasteiger charge is 2.24. The van der Waals surface area contributed by atoms with Gasteiger partial charge in [-0.1, -0.05) is 0 Å². The maximum Gasteiger partial charge on any atom is 0.168 e. The second-order valence-corrected chi connectivity index (χ2v) is 6.71. The molecule has 4 aromatic heterocycles. The molecule has 1 N–H and O–H groups in total. The van der Waals surface area contributed by atoms with Crippen LogP contribution in [-0.2, 0) is 11.8 Å². The molecule has 0 aliphatic carbocycles. The van der Waals surface area contributed by atoms with E-state index >= 15 is 0 Å². The number of rotatable bonds is 3. The first-order valence-electron chi connectivity index (χ1n) is 8.93. The van der Waals surface area contributed by atoms with Gasteiger partial charge in [0.1, 0.15) is 17.8 Å². The molecule has 0 saturated carbocycles. The third-order valence-corrected chi connectivity index (χ3v) is 4.98. The Morgan fingerprint density at radius 3 is 2.93 bits per heavy atom. The van der Waals surface area contributed by atoms with Gasteiger partial charge in [-0.05, 0) is 19.1 Å². The van der Waals surface area contributed by atoms with E-state index in [1.165, 1.54) is 0 Å². The van der Waals surface area contributed by atoms with Gasteiger partial charge in [-0.3, -0.25) is 14.2 Å². The molecule has 1 aliphatic rings. The Kier molecular flexibility index (Phi) is 3.68. The summed E-state index contributed by atoms with van der Waals surface area (Å²) in [6.07, 6.45) is 5.32. The zero-order chi connectivity index (χ0) is 18.4. The quantitative estimate of drug-likeness (QED) is 0.596. The molecule has 138 valence electrons. The van der Waals surface area contributed by atoms with Crippen LogP contribution in [0.4, 0.5) is 5.82 Å². The van der Waals surface area contributed by atoms with Crippen molar-refractivity contribution < 1.29 is 4.74 Å². The SMILES string of the molecule is C[C@@H]1COCCN1c1cc(-c2ccnn2C)nc2c(-c3ccn[nH]3)ncn12. The topological polar surface area (TPSA) is 89.2 Å². The predicted octanol–water partition coefficient (Wildman–Crippen LogP) is 1.74. The van der Waals surface area contributed by atoms with Crippen molar-refractivity contribution in [3.05, 3.63) is 36.9 Å². The number of fused-ring (bicyclic) bond motifs is 1. The second-order valence-electron chi connectivity index (χ2n) is 6.71. The Bertz CT molecular complexity index is 1080. The number of hydrogen-bond acceptors (Lipinski definition) is 6. The fourth-order valence-electron chi connectivity index (χ4n) is 3.58. The smallest absolute Gasteiger partial charge is 0.168 e. The number of ether oxygens (including phenoxy) is 1. The van der Waals surface area contributed by atoms with Crippen LogP contribution in [0.15, 0.2) is 36.9 Å². The minimum atomic E-state index is 0.266. The monoisotopic (exact) mass is 364 g/mol. The zero-order valence-corrected chi connectivity index (χ0v) is 15.2. The highest BCUT2D eigenvalue weighted by atomic mass is 16.5. The van der Waals surface area contributed by atoms with Gasteiger partial charge in [0, 0.05) is 32.1 Å². The summed E-state index contributed by atoms with van der Waals surface area (Å²) in [4.78, 5) is 11.9. The molecule has 27 heavy (non-hydrogen) atoms. The highest BCUT2D eigenvalue weighted by molar-refractivity contribution is 5.76. The number of nitrogens with one attached hydrogen (secondary N) is 1. The average molecular weight is 364 g/mol. The molecule has 0 bridgehead atoms. The number of imidazole rings is 1. The minimum absolute atomic E-state index is 0.266. The van der Waals surface area contributed by atoms with E-state index in [0.717, 1.165) is 40.8 Å². The van der Waals surface area contributed by atoms with E-state index in [0.29, 0.717) is 13.2 Å². The van der Waals surface area contributed by atoms with Crippen LogP contribution in [0.25, 0.3) is 28.4 Å². The third kappa shape index (κ3) is 2.58. The normalized spacial score (nSPS) is 17.7. The molecule has 9 nitrogen and oxygen atoms in total. The number of H-pyrrole nitrogens is 1. The van der Waals surface area contributed by atoms with Crippen LogP contribution in [0, 0.1) is 0 Å². The molecule has 0 aromatic carbocycles. The molecule has 1 atom stereocenters. The molecular weight excluding hydrogens is 344 g/mol. The zero-order valence-electron chi connectivity index (χ0n) is 15.2. The van der Waals surface area contributed by atoms with Gasteiger partial charge in [0.25, 0.3) is 0 Å². The Balaban J connectivity index is 1.76. The van der Waals surface area contributed by atoms with E-state index in [1.54, 1.807) is 12.4 Å². The third-order valence-electron chi connectivity index (χ3n) is 4.98. The number of anilines is 1. The van der Waals surface area contributed by atoms with Gasteiger partial charge in [0.2, 0.25) is 0 Å². The van der Waals surface area contributed by atoms with E-state index in [1.807, 2.05) is 34.6 Å². The number of aromatic nitrogens is 7. The van der Waals surface area contributed by atoms with E-state index in [-0.39, 0.29) is 6.04 Å². The van der Waals surface area contributed by atoms with Gasteiger partial charge in [-0.15, -0.1) is 0 Å². The van der Waals surface area contributed by atoms with Crippen molar-refractivity contribution in [1.82, 2.24) is 34.3 Å². The fourth-order valence-corrected chi connectivity index (χ4v) is 3.58. The lowest BCUT2D eigenvalue weighted by Crippen LogP contribution is -2.44. The van der Waals surface area contributed by atoms with Crippen LogP contribution >= 0.6 is 0 Å². The number of aromatic amines is 1. The predicted molar refractivity (Wildman–Crippen MR) is 100 cm³/mol. The van der Waals surface area contributed by atoms with Crippen LogP contribution in [0.3, 0.4) is 0 Å². The van der Waals surface area contributed by atoms with Crippen molar-refractivity contribution >= 4 is 11.5 Å². The van der Waals surface area contributed by atoms with Crippen LogP contribution in [0.1, 0.15) is 6.92 Å². The first kappa shape index (κ1) is 16.0. The lowest BCUT2D eigenvalue weighted by atomic mass is 10.2. The Labute approximate surface area is 155 Å². The van der Waals surface area contributed by atoms with Crippen molar-refractivity contribution in [1.29, 1.82) is 0 Å². The van der Waals surface area contributed by atoms with Crippen molar-refractivity contribution in [2.24, 2.45) is 7.05 Å². The fraction of sp³-hybridized carbons (Fsp3) is 0.333. The number of nitrogens with zero attached hydrogens (tertiary/aromatic N) is 7. The molecule has 9 heteroatoms. The molecule has 0 radical (unpaired) electrons. The second kappa shape index (κ2) is 6.20. The minimum Gasteiger partial charge on any atom is -0.377 e. The van der Waals surface area contributed by atoms with Crippen LogP contribution < -0.4 is 4.90 Å². The van der Waals surface area contributed by atoms with E-state index in [4.69, 9.17) is 9.72 Å². The Hall–Kier alpha value is -3.20. The summed E-state index contributed by atoms with van der Waals surface area (Å²) in [5.41, 5.74) is 4.22. The molecule has 5 heterocycles. The summed E-state index contributed by atoms with van der Waals surface area (Å²) in [5, 5.41) is 11.3. The van der Waals surface area contributed by atoms with Gasteiger partial charge in [-0.2, -0.15) is 10.2 Å². The van der Waals surface area contributed by atoms with Crippen molar-refractivity contribution in [3.8, 4) is 22.8 Å². The van der Waals surface area contributed by atoms with Crippen molar-refractivity contribution in [3.63, 3.8) is 0 Å². The number of aryl methyl sites for hydroxylation is 1. The summed E-state index contributed by atoms with van der Waals surface area (Å²) < 4.78 is 9.49. The average Bonchev–Trinajstić information content (AvgIpc) is 3.41. The molecule has 1 fully saturated rings. The highest BCUT2D eigenvalue weighted by Crippen LogP contribution is 2.30. The van der Waals surface area contributed by atoms with E-state index in [9.17, 15) is 0 Å². The largest absolute Gasteiger partial charge is 0.377 e. The Morgan fingerprint density at radius 2 is 2.19 bits per heavy atom. The molecular formula is C18H20N8O. The van der Waals surface area contributed by atoms with E-state index in [2.05, 4.69) is 38.2 Å². The summed E-state index contributed by atoms with van der Waals surface area (Å²) >= 11 is 0. The lowest BCUT2D eigenvalue weighted by Gasteiger charge is -2.35. The van der Waals surface area contributed by atoms with Gasteiger partial charge in [-0.25, -0.2) is 9.97 Å². The molecule has 4 aromatic rings.